The van der Waals surface area contributed by atoms with Gasteiger partial charge in [0.25, 0.3) is 0 Å². The molecular weight excluding hydrogens is 546 g/mol. The molecule has 0 amide bonds. The molecule has 0 bridgehead atoms. The second-order valence-corrected chi connectivity index (χ2v) is 9.09. The molecule has 28 heavy (non-hydrogen) atoms. The van der Waals surface area contributed by atoms with Gasteiger partial charge in [-0.2, -0.15) is 5.10 Å². The molecule has 4 aromatic rings. The van der Waals surface area contributed by atoms with Crippen molar-refractivity contribution in [2.24, 2.45) is 0 Å². The highest BCUT2D eigenvalue weighted by Gasteiger charge is 2.21. The Morgan fingerprint density at radius 2 is 1.29 bits per heavy atom. The lowest BCUT2D eigenvalue weighted by molar-refractivity contribution is 0.892. The summed E-state index contributed by atoms with van der Waals surface area (Å²) >= 11 is 26.5. The predicted molar refractivity (Wildman–Crippen MR) is 125 cm³/mol. The molecule has 4 rings (SSSR count). The molecule has 7 heteroatoms. The average molecular weight is 558 g/mol. The minimum atomic E-state index is 0.532. The maximum Gasteiger partial charge on any atom is 0.112 e. The highest BCUT2D eigenvalue weighted by molar-refractivity contribution is 9.10. The van der Waals surface area contributed by atoms with Gasteiger partial charge in [-0.3, -0.25) is 0 Å². The maximum atomic E-state index is 6.84. The van der Waals surface area contributed by atoms with E-state index in [-0.39, 0.29) is 0 Å². The van der Waals surface area contributed by atoms with E-state index in [1.807, 2.05) is 48.5 Å². The Morgan fingerprint density at radius 1 is 0.714 bits per heavy atom. The lowest BCUT2D eigenvalue weighted by Crippen LogP contribution is -2.00. The van der Waals surface area contributed by atoms with Crippen LogP contribution in [0.15, 0.2) is 75.7 Å². The lowest BCUT2D eigenvalue weighted by Gasteiger charge is -2.10. The van der Waals surface area contributed by atoms with Crippen LogP contribution >= 0.6 is 66.7 Å². The van der Waals surface area contributed by atoms with Gasteiger partial charge in [0.15, 0.2) is 0 Å². The zero-order valence-corrected chi connectivity index (χ0v) is 19.6. The first kappa shape index (κ1) is 20.0. The molecule has 1 heterocycles. The van der Waals surface area contributed by atoms with Crippen molar-refractivity contribution in [3.05, 3.63) is 90.7 Å². The summed E-state index contributed by atoms with van der Waals surface area (Å²) in [4.78, 5) is 0. The summed E-state index contributed by atoms with van der Waals surface area (Å²) < 4.78 is 3.71. The topological polar surface area (TPSA) is 17.8 Å². The van der Waals surface area contributed by atoms with Gasteiger partial charge in [0.05, 0.1) is 21.4 Å². The Kier molecular flexibility index (Phi) is 5.86. The minimum absolute atomic E-state index is 0.532. The Labute approximate surface area is 194 Å². The SMILES string of the molecule is Clc1ccc(Cl)c(-n2nc(-c3ccc(Br)cc3)c(Cl)c2-c2ccc(Br)cc2)c1. The molecular formula is C21H11Br2Cl3N2. The molecule has 0 saturated heterocycles. The molecule has 0 radical (unpaired) electrons. The quantitative estimate of drug-likeness (QED) is 0.246. The van der Waals surface area contributed by atoms with Gasteiger partial charge in [-0.05, 0) is 42.5 Å². The summed E-state index contributed by atoms with van der Waals surface area (Å²) in [5.41, 5.74) is 3.90. The van der Waals surface area contributed by atoms with E-state index in [1.165, 1.54) is 0 Å². The molecule has 0 spiro atoms. The number of benzene rings is 3. The van der Waals surface area contributed by atoms with E-state index in [4.69, 9.17) is 39.9 Å². The van der Waals surface area contributed by atoms with Gasteiger partial charge in [0.1, 0.15) is 5.69 Å². The number of rotatable bonds is 3. The van der Waals surface area contributed by atoms with Crippen molar-refractivity contribution >= 4 is 66.7 Å². The van der Waals surface area contributed by atoms with Gasteiger partial charge in [-0.25, -0.2) is 4.68 Å². The number of hydrogen-bond donors (Lipinski definition) is 0. The van der Waals surface area contributed by atoms with Crippen LogP contribution in [0.25, 0.3) is 28.2 Å². The standard InChI is InChI=1S/C21H11Br2Cl3N2/c22-14-5-1-12(2-6-14)20-19(26)21(13-3-7-15(23)8-4-13)28(27-20)18-11-16(24)9-10-17(18)25/h1-11H. The van der Waals surface area contributed by atoms with E-state index in [9.17, 15) is 0 Å². The van der Waals surface area contributed by atoms with Crippen molar-refractivity contribution in [1.29, 1.82) is 0 Å². The normalized spacial score (nSPS) is 11.0. The van der Waals surface area contributed by atoms with Gasteiger partial charge in [0.2, 0.25) is 0 Å². The van der Waals surface area contributed by atoms with E-state index in [1.54, 1.807) is 22.9 Å². The largest absolute Gasteiger partial charge is 0.229 e. The van der Waals surface area contributed by atoms with Gasteiger partial charge in [0, 0.05) is 25.1 Å². The van der Waals surface area contributed by atoms with Crippen molar-refractivity contribution < 1.29 is 0 Å². The molecule has 2 nitrogen and oxygen atoms in total. The van der Waals surface area contributed by atoms with Gasteiger partial charge in [-0.15, -0.1) is 0 Å². The number of aromatic nitrogens is 2. The molecule has 0 N–H and O–H groups in total. The molecule has 0 aliphatic heterocycles. The first-order chi connectivity index (χ1) is 13.4. The van der Waals surface area contributed by atoms with Gasteiger partial charge >= 0.3 is 0 Å². The van der Waals surface area contributed by atoms with E-state index < -0.39 is 0 Å². The van der Waals surface area contributed by atoms with Gasteiger partial charge < -0.3 is 0 Å². The van der Waals surface area contributed by atoms with Crippen LogP contribution in [0.4, 0.5) is 0 Å². The zero-order chi connectivity index (χ0) is 19.8. The third-order valence-corrected chi connectivity index (χ3v) is 6.17. The summed E-state index contributed by atoms with van der Waals surface area (Å²) in [6.45, 7) is 0. The summed E-state index contributed by atoms with van der Waals surface area (Å²) in [7, 11) is 0. The average Bonchev–Trinajstić information content (AvgIpc) is 3.02. The zero-order valence-electron chi connectivity index (χ0n) is 14.1. The maximum absolute atomic E-state index is 6.84. The van der Waals surface area contributed by atoms with Crippen molar-refractivity contribution in [2.75, 3.05) is 0 Å². The third-order valence-electron chi connectivity index (χ3n) is 4.20. The van der Waals surface area contributed by atoms with Crippen LogP contribution in [0.3, 0.4) is 0 Å². The van der Waals surface area contributed by atoms with Crippen LogP contribution in [0.1, 0.15) is 0 Å². The molecule has 0 atom stereocenters. The lowest BCUT2D eigenvalue weighted by atomic mass is 10.1. The molecule has 0 fully saturated rings. The van der Waals surface area contributed by atoms with Crippen molar-refractivity contribution in [1.82, 2.24) is 9.78 Å². The molecule has 1 aromatic heterocycles. The summed E-state index contributed by atoms with van der Waals surface area (Å²) in [6.07, 6.45) is 0. The molecule has 0 unspecified atom stereocenters. The number of halogens is 5. The monoisotopic (exact) mass is 554 g/mol. The van der Waals surface area contributed by atoms with E-state index in [2.05, 4.69) is 31.9 Å². The summed E-state index contributed by atoms with van der Waals surface area (Å²) in [6, 6.07) is 21.0. The molecule has 0 saturated carbocycles. The first-order valence-corrected chi connectivity index (χ1v) is 10.9. The predicted octanol–water partition coefficient (Wildman–Crippen LogP) is 8.69. The van der Waals surface area contributed by atoms with Crippen LogP contribution in [0, 0.1) is 0 Å². The fraction of sp³-hybridized carbons (Fsp3) is 0. The van der Waals surface area contributed by atoms with Crippen molar-refractivity contribution in [3.8, 4) is 28.2 Å². The van der Waals surface area contributed by atoms with Crippen LogP contribution in [0.2, 0.25) is 15.1 Å². The Morgan fingerprint density at radius 3 is 1.89 bits per heavy atom. The molecule has 0 aliphatic rings. The molecule has 3 aromatic carbocycles. The fourth-order valence-corrected chi connectivity index (χ4v) is 4.10. The summed E-state index contributed by atoms with van der Waals surface area (Å²) in [5.74, 6) is 0. The number of hydrogen-bond acceptors (Lipinski definition) is 1. The number of nitrogens with zero attached hydrogens (tertiary/aromatic N) is 2. The first-order valence-electron chi connectivity index (χ1n) is 8.20. The highest BCUT2D eigenvalue weighted by atomic mass is 79.9. The minimum Gasteiger partial charge on any atom is -0.229 e. The molecule has 140 valence electrons. The van der Waals surface area contributed by atoms with Crippen LogP contribution in [-0.2, 0) is 0 Å². The fourth-order valence-electron chi connectivity index (χ4n) is 2.87. The van der Waals surface area contributed by atoms with E-state index >= 15 is 0 Å². The second-order valence-electron chi connectivity index (χ2n) is 6.03. The third kappa shape index (κ3) is 3.89. The van der Waals surface area contributed by atoms with Crippen LogP contribution < -0.4 is 0 Å². The Hall–Kier alpha value is -1.30. The van der Waals surface area contributed by atoms with Crippen LogP contribution in [0.5, 0.6) is 0 Å². The highest BCUT2D eigenvalue weighted by Crippen LogP contribution is 2.40. The summed E-state index contributed by atoms with van der Waals surface area (Å²) in [5, 5.41) is 6.44. The van der Waals surface area contributed by atoms with Crippen molar-refractivity contribution in [2.45, 2.75) is 0 Å². The Balaban J connectivity index is 2.00. The second kappa shape index (κ2) is 8.21. The van der Waals surface area contributed by atoms with E-state index in [0.717, 1.165) is 25.8 Å². The van der Waals surface area contributed by atoms with Gasteiger partial charge in [-0.1, -0.05) is 90.9 Å². The van der Waals surface area contributed by atoms with Crippen molar-refractivity contribution in [3.63, 3.8) is 0 Å². The van der Waals surface area contributed by atoms with Crippen LogP contribution in [-0.4, -0.2) is 9.78 Å². The molecule has 0 aliphatic carbocycles. The van der Waals surface area contributed by atoms with E-state index in [0.29, 0.717) is 26.4 Å². The smallest absolute Gasteiger partial charge is 0.112 e. The Bertz CT molecular complexity index is 1150.